The number of carboxylic acids is 1. The van der Waals surface area contributed by atoms with E-state index in [2.05, 4.69) is 4.72 Å². The number of sulfonamides is 1. The third-order valence-electron chi connectivity index (χ3n) is 2.44. The molecule has 5 nitrogen and oxygen atoms in total. The molecule has 1 fully saturated rings. The third-order valence-corrected chi connectivity index (χ3v) is 4.09. The zero-order valence-electron chi connectivity index (χ0n) is 8.12. The summed E-state index contributed by atoms with van der Waals surface area (Å²) in [6, 6.07) is 0. The average molecular weight is 221 g/mol. The second-order valence-corrected chi connectivity index (χ2v) is 5.50. The van der Waals surface area contributed by atoms with E-state index in [1.54, 1.807) is 6.92 Å². The van der Waals surface area contributed by atoms with E-state index in [1.165, 1.54) is 0 Å². The topological polar surface area (TPSA) is 83.5 Å². The summed E-state index contributed by atoms with van der Waals surface area (Å²) in [5.41, 5.74) is -1.21. The maximum Gasteiger partial charge on any atom is 0.324 e. The minimum atomic E-state index is -3.43. The first kappa shape index (κ1) is 11.5. The van der Waals surface area contributed by atoms with E-state index < -0.39 is 21.5 Å². The van der Waals surface area contributed by atoms with Crippen molar-refractivity contribution in [1.29, 1.82) is 0 Å². The van der Waals surface area contributed by atoms with Crippen molar-refractivity contribution >= 4 is 16.0 Å². The van der Waals surface area contributed by atoms with Gasteiger partial charge >= 0.3 is 5.97 Å². The molecule has 1 aliphatic rings. The van der Waals surface area contributed by atoms with E-state index in [0.717, 1.165) is 6.42 Å². The van der Waals surface area contributed by atoms with E-state index in [-0.39, 0.29) is 5.75 Å². The lowest BCUT2D eigenvalue weighted by Crippen LogP contribution is -2.59. The van der Waals surface area contributed by atoms with E-state index in [4.69, 9.17) is 5.11 Å². The molecule has 0 unspecified atom stereocenters. The van der Waals surface area contributed by atoms with Gasteiger partial charge in [0.2, 0.25) is 10.0 Å². The Kier molecular flexibility index (Phi) is 3.16. The molecule has 0 aromatic rings. The molecule has 0 aliphatic heterocycles. The zero-order valence-corrected chi connectivity index (χ0v) is 8.93. The highest BCUT2D eigenvalue weighted by Crippen LogP contribution is 2.32. The molecule has 0 amide bonds. The van der Waals surface area contributed by atoms with Crippen LogP contribution in [0.15, 0.2) is 0 Å². The molecular formula is C8H15NO4S. The minimum Gasteiger partial charge on any atom is -0.480 e. The monoisotopic (exact) mass is 221 g/mol. The molecule has 1 aliphatic carbocycles. The maximum atomic E-state index is 11.4. The standard InChI is InChI=1S/C8H15NO4S/c1-2-6-14(12,13)9-8(7(10)11)4-3-5-8/h9H,2-6H2,1H3,(H,10,11). The summed E-state index contributed by atoms with van der Waals surface area (Å²) in [6.07, 6.45) is 2.04. The summed E-state index contributed by atoms with van der Waals surface area (Å²) in [5, 5.41) is 8.89. The minimum absolute atomic E-state index is 0.0119. The Bertz CT molecular complexity index is 318. The molecule has 0 saturated heterocycles. The molecule has 0 radical (unpaired) electrons. The van der Waals surface area contributed by atoms with Crippen molar-refractivity contribution in [1.82, 2.24) is 4.72 Å². The van der Waals surface area contributed by atoms with Crippen LogP contribution in [0.4, 0.5) is 0 Å². The smallest absolute Gasteiger partial charge is 0.324 e. The van der Waals surface area contributed by atoms with Crippen LogP contribution in [0.1, 0.15) is 32.6 Å². The van der Waals surface area contributed by atoms with Crippen LogP contribution >= 0.6 is 0 Å². The van der Waals surface area contributed by atoms with E-state index in [0.29, 0.717) is 19.3 Å². The van der Waals surface area contributed by atoms with Crippen LogP contribution in [0.2, 0.25) is 0 Å². The normalized spacial score (nSPS) is 20.1. The fraction of sp³-hybridized carbons (Fsp3) is 0.875. The van der Waals surface area contributed by atoms with Crippen molar-refractivity contribution in [3.05, 3.63) is 0 Å². The van der Waals surface area contributed by atoms with Gasteiger partial charge in [-0.25, -0.2) is 8.42 Å². The number of hydrogen-bond donors (Lipinski definition) is 2. The maximum absolute atomic E-state index is 11.4. The number of aliphatic carboxylic acids is 1. The Balaban J connectivity index is 2.71. The molecule has 0 aromatic carbocycles. The van der Waals surface area contributed by atoms with Gasteiger partial charge in [-0.15, -0.1) is 0 Å². The van der Waals surface area contributed by atoms with Crippen molar-refractivity contribution in [2.75, 3.05) is 5.75 Å². The Hall–Kier alpha value is -0.620. The van der Waals surface area contributed by atoms with Crippen LogP contribution in [-0.2, 0) is 14.8 Å². The van der Waals surface area contributed by atoms with Gasteiger partial charge in [-0.05, 0) is 25.7 Å². The van der Waals surface area contributed by atoms with Crippen molar-refractivity contribution < 1.29 is 18.3 Å². The summed E-state index contributed by atoms with van der Waals surface area (Å²) in [7, 11) is -3.43. The van der Waals surface area contributed by atoms with Gasteiger partial charge in [-0.2, -0.15) is 4.72 Å². The Morgan fingerprint density at radius 1 is 1.50 bits per heavy atom. The molecule has 1 saturated carbocycles. The molecule has 0 aromatic heterocycles. The SMILES string of the molecule is CCCS(=O)(=O)NC1(C(=O)O)CCC1. The molecule has 0 spiro atoms. The van der Waals surface area contributed by atoms with Crippen LogP contribution < -0.4 is 4.72 Å². The van der Waals surface area contributed by atoms with Gasteiger partial charge in [0.15, 0.2) is 0 Å². The van der Waals surface area contributed by atoms with E-state index in [9.17, 15) is 13.2 Å². The highest BCUT2D eigenvalue weighted by molar-refractivity contribution is 7.89. The highest BCUT2D eigenvalue weighted by atomic mass is 32.2. The number of hydrogen-bond acceptors (Lipinski definition) is 3. The molecule has 82 valence electrons. The van der Waals surface area contributed by atoms with Gasteiger partial charge < -0.3 is 5.11 Å². The lowest BCUT2D eigenvalue weighted by Gasteiger charge is -2.37. The summed E-state index contributed by atoms with van der Waals surface area (Å²) in [6.45, 7) is 1.74. The van der Waals surface area contributed by atoms with Gasteiger partial charge in [-0.3, -0.25) is 4.79 Å². The Morgan fingerprint density at radius 3 is 2.36 bits per heavy atom. The molecule has 0 atom stereocenters. The van der Waals surface area contributed by atoms with Crippen LogP contribution in [0.3, 0.4) is 0 Å². The van der Waals surface area contributed by atoms with Gasteiger partial charge in [0, 0.05) is 0 Å². The highest BCUT2D eigenvalue weighted by Gasteiger charge is 2.46. The third kappa shape index (κ3) is 2.24. The number of carbonyl (C=O) groups is 1. The molecule has 1 rings (SSSR count). The molecule has 0 bridgehead atoms. The van der Waals surface area contributed by atoms with Crippen LogP contribution in [-0.4, -0.2) is 30.8 Å². The second-order valence-electron chi connectivity index (χ2n) is 3.66. The lowest BCUT2D eigenvalue weighted by molar-refractivity contribution is -0.147. The first-order valence-corrected chi connectivity index (χ1v) is 6.32. The van der Waals surface area contributed by atoms with Crippen molar-refractivity contribution in [2.24, 2.45) is 0 Å². The second kappa shape index (κ2) is 3.86. The first-order valence-electron chi connectivity index (χ1n) is 4.67. The molecule has 6 heteroatoms. The molecule has 14 heavy (non-hydrogen) atoms. The fourth-order valence-electron chi connectivity index (χ4n) is 1.51. The van der Waals surface area contributed by atoms with Crippen molar-refractivity contribution in [3.8, 4) is 0 Å². The summed E-state index contributed by atoms with van der Waals surface area (Å²) in [5.74, 6) is -1.08. The van der Waals surface area contributed by atoms with Gasteiger partial charge in [0.1, 0.15) is 5.54 Å². The van der Waals surface area contributed by atoms with Gasteiger partial charge in [0.05, 0.1) is 5.75 Å². The quantitative estimate of drug-likeness (QED) is 0.700. The number of rotatable bonds is 5. The summed E-state index contributed by atoms with van der Waals surface area (Å²) < 4.78 is 25.0. The van der Waals surface area contributed by atoms with Crippen molar-refractivity contribution in [3.63, 3.8) is 0 Å². The Morgan fingerprint density at radius 2 is 2.07 bits per heavy atom. The van der Waals surface area contributed by atoms with Crippen LogP contribution in [0.25, 0.3) is 0 Å². The van der Waals surface area contributed by atoms with Gasteiger partial charge in [-0.1, -0.05) is 6.92 Å². The van der Waals surface area contributed by atoms with Crippen LogP contribution in [0, 0.1) is 0 Å². The number of carboxylic acid groups (broad SMARTS) is 1. The van der Waals surface area contributed by atoms with E-state index in [1.807, 2.05) is 0 Å². The molecular weight excluding hydrogens is 206 g/mol. The lowest BCUT2D eigenvalue weighted by atomic mass is 9.78. The summed E-state index contributed by atoms with van der Waals surface area (Å²) >= 11 is 0. The predicted octanol–water partition coefficient (Wildman–Crippen LogP) is 0.323. The predicted molar refractivity (Wildman–Crippen MR) is 51.4 cm³/mol. The first-order chi connectivity index (χ1) is 6.42. The van der Waals surface area contributed by atoms with Crippen LogP contribution in [0.5, 0.6) is 0 Å². The average Bonchev–Trinajstić information content (AvgIpc) is 1.96. The van der Waals surface area contributed by atoms with E-state index >= 15 is 0 Å². The van der Waals surface area contributed by atoms with Crippen molar-refractivity contribution in [2.45, 2.75) is 38.1 Å². The zero-order chi connectivity index (χ0) is 10.8. The Labute approximate surface area is 83.6 Å². The van der Waals surface area contributed by atoms with Gasteiger partial charge in [0.25, 0.3) is 0 Å². The largest absolute Gasteiger partial charge is 0.480 e. The molecule has 0 heterocycles. The summed E-state index contributed by atoms with van der Waals surface area (Å²) in [4.78, 5) is 10.9. The molecule has 2 N–H and O–H groups in total. The number of nitrogens with one attached hydrogen (secondary N) is 1. The fourth-order valence-corrected chi connectivity index (χ4v) is 3.03.